The van der Waals surface area contributed by atoms with Crippen molar-refractivity contribution in [3.63, 3.8) is 0 Å². The van der Waals surface area contributed by atoms with Crippen molar-refractivity contribution in [1.29, 1.82) is 0 Å². The second kappa shape index (κ2) is 8.20. The van der Waals surface area contributed by atoms with E-state index in [1.165, 1.54) is 40.8 Å². The lowest BCUT2D eigenvalue weighted by molar-refractivity contribution is 0.0988. The Morgan fingerprint density at radius 2 is 1.90 bits per heavy atom. The summed E-state index contributed by atoms with van der Waals surface area (Å²) in [6.07, 6.45) is 1.47. The Morgan fingerprint density at radius 3 is 2.59 bits per heavy atom. The number of aromatic nitrogens is 1. The van der Waals surface area contributed by atoms with Gasteiger partial charge < -0.3 is 0 Å². The number of rotatable bonds is 4. The van der Waals surface area contributed by atoms with Crippen LogP contribution in [-0.4, -0.2) is 17.1 Å². The molecule has 4 aromatic rings. The molecule has 146 valence electrons. The van der Waals surface area contributed by atoms with Crippen LogP contribution in [0, 0.1) is 12.7 Å². The number of aryl methyl sites for hydroxylation is 1. The average Bonchev–Trinajstić information content (AvgIpc) is 3.25. The van der Waals surface area contributed by atoms with Crippen molar-refractivity contribution >= 4 is 73.3 Å². The summed E-state index contributed by atoms with van der Waals surface area (Å²) in [7, 11) is 0. The monoisotopic (exact) mass is 463 g/mol. The summed E-state index contributed by atoms with van der Waals surface area (Å²) in [5.74, 6) is -0.802. The van der Waals surface area contributed by atoms with Crippen molar-refractivity contribution in [2.45, 2.75) is 6.92 Å². The van der Waals surface area contributed by atoms with Crippen molar-refractivity contribution in [1.82, 2.24) is 4.98 Å². The first-order valence-electron chi connectivity index (χ1n) is 8.37. The number of thiophene rings is 1. The van der Waals surface area contributed by atoms with Gasteiger partial charge in [0.2, 0.25) is 5.13 Å². The van der Waals surface area contributed by atoms with Gasteiger partial charge in [-0.1, -0.05) is 52.7 Å². The second-order valence-corrected chi connectivity index (χ2v) is 9.41. The Labute approximate surface area is 183 Å². The molecule has 0 unspecified atom stereocenters. The van der Waals surface area contributed by atoms with Crippen LogP contribution in [0.5, 0.6) is 0 Å². The zero-order valence-electron chi connectivity index (χ0n) is 14.9. The molecule has 4 nitrogen and oxygen atoms in total. The molecule has 0 radical (unpaired) electrons. The summed E-state index contributed by atoms with van der Waals surface area (Å²) in [4.78, 5) is 17.7. The number of fused-ring (bicyclic) bond motifs is 1. The van der Waals surface area contributed by atoms with Crippen LogP contribution in [-0.2, 0) is 0 Å². The number of hydrogen-bond donors (Lipinski definition) is 0. The lowest BCUT2D eigenvalue weighted by Gasteiger charge is -2.13. The highest BCUT2D eigenvalue weighted by atomic mass is 35.5. The van der Waals surface area contributed by atoms with Gasteiger partial charge in [-0.3, -0.25) is 4.79 Å². The van der Waals surface area contributed by atoms with Crippen molar-refractivity contribution in [2.24, 2.45) is 5.10 Å². The van der Waals surface area contributed by atoms with Gasteiger partial charge in [0.15, 0.2) is 0 Å². The van der Waals surface area contributed by atoms with E-state index in [4.69, 9.17) is 23.2 Å². The van der Waals surface area contributed by atoms with E-state index in [2.05, 4.69) is 10.1 Å². The molecule has 0 saturated carbocycles. The molecular formula is C20H12Cl2FN3OS2. The highest BCUT2D eigenvalue weighted by molar-refractivity contribution is 7.22. The van der Waals surface area contributed by atoms with E-state index in [1.54, 1.807) is 12.1 Å². The molecule has 0 fully saturated rings. The number of hydrogen-bond acceptors (Lipinski definition) is 5. The van der Waals surface area contributed by atoms with E-state index in [-0.39, 0.29) is 15.7 Å². The molecule has 0 N–H and O–H groups in total. The van der Waals surface area contributed by atoms with Crippen LogP contribution < -0.4 is 5.01 Å². The number of nitrogens with zero attached hydrogens (tertiary/aromatic N) is 3. The van der Waals surface area contributed by atoms with Crippen LogP contribution in [0.4, 0.5) is 9.52 Å². The molecule has 0 aliphatic rings. The second-order valence-electron chi connectivity index (χ2n) is 6.12. The molecule has 1 amide bonds. The highest BCUT2D eigenvalue weighted by Crippen LogP contribution is 2.35. The zero-order chi connectivity index (χ0) is 20.5. The summed E-state index contributed by atoms with van der Waals surface area (Å²) < 4.78 is 14.8. The predicted molar refractivity (Wildman–Crippen MR) is 119 cm³/mol. The van der Waals surface area contributed by atoms with Gasteiger partial charge in [0.05, 0.1) is 26.3 Å². The third kappa shape index (κ3) is 4.33. The van der Waals surface area contributed by atoms with Crippen molar-refractivity contribution < 1.29 is 9.18 Å². The van der Waals surface area contributed by atoms with E-state index >= 15 is 0 Å². The fourth-order valence-electron chi connectivity index (χ4n) is 2.57. The normalized spacial score (nSPS) is 11.4. The molecular weight excluding hydrogens is 452 g/mol. The number of carbonyl (C=O) groups excluding carboxylic acids is 1. The van der Waals surface area contributed by atoms with E-state index in [0.29, 0.717) is 15.0 Å². The van der Waals surface area contributed by atoms with E-state index < -0.39 is 5.91 Å². The molecule has 2 heterocycles. The van der Waals surface area contributed by atoms with E-state index in [1.807, 2.05) is 25.1 Å². The van der Waals surface area contributed by atoms with Crippen LogP contribution in [0.2, 0.25) is 8.67 Å². The largest absolute Gasteiger partial charge is 0.283 e. The number of hydrazone groups is 1. The van der Waals surface area contributed by atoms with Gasteiger partial charge in [-0.05, 0) is 48.4 Å². The maximum Gasteiger partial charge on any atom is 0.283 e. The first-order valence-corrected chi connectivity index (χ1v) is 10.8. The molecule has 2 aromatic carbocycles. The topological polar surface area (TPSA) is 45.6 Å². The Hall–Kier alpha value is -2.32. The Kier molecular flexibility index (Phi) is 5.65. The molecule has 0 bridgehead atoms. The van der Waals surface area contributed by atoms with Crippen LogP contribution in [0.15, 0.2) is 53.6 Å². The molecule has 0 atom stereocenters. The number of anilines is 1. The van der Waals surface area contributed by atoms with Gasteiger partial charge >= 0.3 is 0 Å². The maximum atomic E-state index is 13.2. The number of benzene rings is 2. The van der Waals surface area contributed by atoms with Crippen LogP contribution in [0.1, 0.15) is 21.5 Å². The number of carbonyl (C=O) groups is 1. The van der Waals surface area contributed by atoms with Crippen LogP contribution in [0.25, 0.3) is 10.2 Å². The van der Waals surface area contributed by atoms with Crippen molar-refractivity contribution in [3.05, 3.63) is 79.7 Å². The standard InChI is InChI=1S/C20H12Cl2FN3OS2/c1-11-2-7-15-16(8-11)28-20(25-15)26(19(27)14-9-17(21)29-18(14)22)24-10-12-3-5-13(23)6-4-12/h2-10H,1H3/b24-10+. The molecule has 0 aliphatic carbocycles. The molecule has 0 aliphatic heterocycles. The van der Waals surface area contributed by atoms with Crippen molar-refractivity contribution in [3.8, 4) is 0 Å². The molecule has 0 spiro atoms. The molecule has 0 saturated heterocycles. The van der Waals surface area contributed by atoms with Gasteiger partial charge in [0.25, 0.3) is 5.91 Å². The Bertz CT molecular complexity index is 1230. The number of halogens is 3. The van der Waals surface area contributed by atoms with Crippen LogP contribution >= 0.6 is 45.9 Å². The summed E-state index contributed by atoms with van der Waals surface area (Å²) in [5, 5.41) is 5.91. The third-order valence-electron chi connectivity index (χ3n) is 3.99. The third-order valence-corrected chi connectivity index (χ3v) is 6.47. The predicted octanol–water partition coefficient (Wildman–Crippen LogP) is 6.79. The summed E-state index contributed by atoms with van der Waals surface area (Å²) in [6, 6.07) is 13.1. The van der Waals surface area contributed by atoms with E-state index in [9.17, 15) is 9.18 Å². The Morgan fingerprint density at radius 1 is 1.14 bits per heavy atom. The summed E-state index contributed by atoms with van der Waals surface area (Å²) >= 11 is 14.6. The lowest BCUT2D eigenvalue weighted by atomic mass is 10.2. The molecule has 2 aromatic heterocycles. The van der Waals surface area contributed by atoms with Gasteiger partial charge in [-0.15, -0.1) is 11.3 Å². The molecule has 4 rings (SSSR count). The minimum atomic E-state index is -0.452. The average molecular weight is 464 g/mol. The zero-order valence-corrected chi connectivity index (χ0v) is 18.0. The minimum Gasteiger partial charge on any atom is -0.267 e. The lowest BCUT2D eigenvalue weighted by Crippen LogP contribution is -2.25. The van der Waals surface area contributed by atoms with Gasteiger partial charge in [0.1, 0.15) is 10.2 Å². The molecule has 29 heavy (non-hydrogen) atoms. The number of thiazole rings is 1. The van der Waals surface area contributed by atoms with Crippen LogP contribution in [0.3, 0.4) is 0 Å². The van der Waals surface area contributed by atoms with Crippen molar-refractivity contribution in [2.75, 3.05) is 5.01 Å². The van der Waals surface area contributed by atoms with Gasteiger partial charge in [0, 0.05) is 0 Å². The van der Waals surface area contributed by atoms with E-state index in [0.717, 1.165) is 27.1 Å². The smallest absolute Gasteiger partial charge is 0.267 e. The van der Waals surface area contributed by atoms with Gasteiger partial charge in [-0.25, -0.2) is 9.37 Å². The quantitative estimate of drug-likeness (QED) is 0.247. The fraction of sp³-hybridized carbons (Fsp3) is 0.0500. The molecule has 9 heteroatoms. The number of amides is 1. The summed E-state index contributed by atoms with van der Waals surface area (Å²) in [6.45, 7) is 1.99. The van der Waals surface area contributed by atoms with Gasteiger partial charge in [-0.2, -0.15) is 10.1 Å². The Balaban J connectivity index is 1.77. The minimum absolute atomic E-state index is 0.244. The first kappa shape index (κ1) is 20.0. The summed E-state index contributed by atoms with van der Waals surface area (Å²) in [5.41, 5.74) is 2.73. The maximum absolute atomic E-state index is 13.2. The highest BCUT2D eigenvalue weighted by Gasteiger charge is 2.24. The fourth-order valence-corrected chi connectivity index (χ4v) is 5.04. The SMILES string of the molecule is Cc1ccc2nc(N(/N=C/c3ccc(F)cc3)C(=O)c3cc(Cl)sc3Cl)sc2c1. The first-order chi connectivity index (χ1) is 13.9.